The van der Waals surface area contributed by atoms with Crippen molar-refractivity contribution >= 4 is 40.7 Å². The van der Waals surface area contributed by atoms with E-state index in [9.17, 15) is 18.8 Å². The third kappa shape index (κ3) is 4.43. The molecule has 9 heteroatoms. The van der Waals surface area contributed by atoms with Crippen molar-refractivity contribution in [1.82, 2.24) is 4.98 Å². The maximum atomic E-state index is 13.1. The molecule has 35 heavy (non-hydrogen) atoms. The van der Waals surface area contributed by atoms with Crippen LogP contribution >= 0.6 is 11.6 Å². The van der Waals surface area contributed by atoms with Crippen LogP contribution in [-0.4, -0.2) is 22.7 Å². The Morgan fingerprint density at radius 2 is 1.69 bits per heavy atom. The van der Waals surface area contributed by atoms with Gasteiger partial charge in [-0.15, -0.1) is 0 Å². The number of carbonyl (C=O) groups is 3. The number of fused-ring (bicyclic) bond motifs is 1. The van der Waals surface area contributed by atoms with Crippen molar-refractivity contribution in [3.63, 3.8) is 0 Å². The van der Waals surface area contributed by atoms with E-state index >= 15 is 0 Å². The number of amides is 3. The fourth-order valence-corrected chi connectivity index (χ4v) is 4.06. The first kappa shape index (κ1) is 22.5. The third-order valence-corrected chi connectivity index (χ3v) is 5.82. The molecule has 0 saturated carbocycles. The maximum absolute atomic E-state index is 13.1. The highest BCUT2D eigenvalue weighted by molar-refractivity contribution is 6.40. The van der Waals surface area contributed by atoms with Crippen LogP contribution in [0.25, 0.3) is 11.3 Å². The van der Waals surface area contributed by atoms with Crippen LogP contribution in [0, 0.1) is 5.82 Å². The molecule has 1 aliphatic rings. The molecule has 0 fully saturated rings. The predicted molar refractivity (Wildman–Crippen MR) is 128 cm³/mol. The molecule has 0 unspecified atom stereocenters. The molecule has 3 amide bonds. The van der Waals surface area contributed by atoms with Crippen LogP contribution in [0.3, 0.4) is 0 Å². The fraction of sp³-hybridized carbons (Fsp3) is 0.0769. The lowest BCUT2D eigenvalue weighted by Gasteiger charge is -2.16. The lowest BCUT2D eigenvalue weighted by Crippen LogP contribution is -2.29. The van der Waals surface area contributed by atoms with Crippen molar-refractivity contribution in [1.29, 1.82) is 0 Å². The first-order valence-electron chi connectivity index (χ1n) is 10.7. The van der Waals surface area contributed by atoms with Crippen molar-refractivity contribution < 1.29 is 23.2 Å². The molecule has 1 aromatic heterocycles. The van der Waals surface area contributed by atoms with Gasteiger partial charge in [-0.1, -0.05) is 23.7 Å². The van der Waals surface area contributed by atoms with Gasteiger partial charge in [0.15, 0.2) is 11.7 Å². The largest absolute Gasteiger partial charge is 0.441 e. The van der Waals surface area contributed by atoms with Crippen LogP contribution in [-0.2, 0) is 11.2 Å². The molecule has 174 valence electrons. The SMILES string of the molecule is O=C(CCc1ncc(-c2ccc(F)cc2)o1)Nc1ccc(N2C(=O)c3ccccc3C2=O)c(Cl)c1. The van der Waals surface area contributed by atoms with Gasteiger partial charge in [-0.2, -0.15) is 0 Å². The summed E-state index contributed by atoms with van der Waals surface area (Å²) in [5, 5.41) is 2.88. The number of halogens is 2. The minimum absolute atomic E-state index is 0.0984. The number of aromatic nitrogens is 1. The average molecular weight is 490 g/mol. The summed E-state index contributed by atoms with van der Waals surface area (Å²) in [5.41, 5.74) is 1.98. The number of oxazole rings is 1. The minimum Gasteiger partial charge on any atom is -0.441 e. The van der Waals surface area contributed by atoms with Gasteiger partial charge in [-0.3, -0.25) is 14.4 Å². The summed E-state index contributed by atoms with van der Waals surface area (Å²) in [6, 6.07) is 17.0. The predicted octanol–water partition coefficient (Wildman–Crippen LogP) is 5.51. The van der Waals surface area contributed by atoms with Crippen LogP contribution in [0.1, 0.15) is 33.0 Å². The zero-order valence-electron chi connectivity index (χ0n) is 18.1. The fourth-order valence-electron chi connectivity index (χ4n) is 3.79. The summed E-state index contributed by atoms with van der Waals surface area (Å²) in [5.74, 6) is -0.682. The summed E-state index contributed by atoms with van der Waals surface area (Å²) >= 11 is 6.36. The number of rotatable bonds is 6. The van der Waals surface area contributed by atoms with Gasteiger partial charge in [0, 0.05) is 24.1 Å². The number of imide groups is 1. The lowest BCUT2D eigenvalue weighted by atomic mass is 10.1. The zero-order valence-corrected chi connectivity index (χ0v) is 18.9. The second-order valence-corrected chi connectivity index (χ2v) is 8.24. The number of carbonyl (C=O) groups excluding carboxylic acids is 3. The third-order valence-electron chi connectivity index (χ3n) is 5.51. The van der Waals surface area contributed by atoms with E-state index in [0.29, 0.717) is 34.0 Å². The molecule has 7 nitrogen and oxygen atoms in total. The number of hydrogen-bond donors (Lipinski definition) is 1. The number of aryl methyl sites for hydroxylation is 1. The van der Waals surface area contributed by atoms with Crippen LogP contribution in [0.5, 0.6) is 0 Å². The van der Waals surface area contributed by atoms with Gasteiger partial charge in [0.1, 0.15) is 5.82 Å². The van der Waals surface area contributed by atoms with Crippen LogP contribution < -0.4 is 10.2 Å². The Morgan fingerprint density at radius 1 is 1.00 bits per heavy atom. The Bertz CT molecular complexity index is 1430. The standard InChI is InChI=1S/C26H17ClFN3O4/c27-20-13-17(9-10-21(20)31-25(33)18-3-1-2-4-19(18)26(31)34)30-23(32)11-12-24-29-14-22(35-24)15-5-7-16(28)8-6-15/h1-10,13-14H,11-12H2,(H,30,32). The molecule has 1 N–H and O–H groups in total. The molecule has 0 bridgehead atoms. The van der Waals surface area contributed by atoms with Gasteiger partial charge in [0.2, 0.25) is 5.91 Å². The summed E-state index contributed by atoms with van der Waals surface area (Å²) in [7, 11) is 0. The van der Waals surface area contributed by atoms with E-state index in [4.69, 9.17) is 16.0 Å². The number of benzene rings is 3. The average Bonchev–Trinajstić information content (AvgIpc) is 3.42. The van der Waals surface area contributed by atoms with Crippen molar-refractivity contribution in [2.24, 2.45) is 0 Å². The van der Waals surface area contributed by atoms with E-state index in [0.717, 1.165) is 4.90 Å². The molecule has 0 aliphatic carbocycles. The highest BCUT2D eigenvalue weighted by atomic mass is 35.5. The van der Waals surface area contributed by atoms with E-state index in [-0.39, 0.29) is 35.3 Å². The molecule has 0 saturated heterocycles. The second-order valence-electron chi connectivity index (χ2n) is 7.83. The van der Waals surface area contributed by atoms with Crippen molar-refractivity contribution in [2.45, 2.75) is 12.8 Å². The summed E-state index contributed by atoms with van der Waals surface area (Å²) in [4.78, 5) is 43.0. The Labute approximate surface area is 204 Å². The number of anilines is 2. The first-order valence-corrected chi connectivity index (χ1v) is 11.1. The summed E-state index contributed by atoms with van der Waals surface area (Å²) < 4.78 is 18.7. The van der Waals surface area contributed by atoms with Crippen LogP contribution in [0.2, 0.25) is 5.02 Å². The topological polar surface area (TPSA) is 92.5 Å². The maximum Gasteiger partial charge on any atom is 0.266 e. The molecule has 3 aromatic carbocycles. The normalized spacial score (nSPS) is 12.7. The lowest BCUT2D eigenvalue weighted by molar-refractivity contribution is -0.116. The zero-order chi connectivity index (χ0) is 24.5. The van der Waals surface area contributed by atoms with Gasteiger partial charge < -0.3 is 9.73 Å². The smallest absolute Gasteiger partial charge is 0.266 e. The molecule has 0 radical (unpaired) electrons. The van der Waals surface area contributed by atoms with E-state index in [1.165, 1.54) is 30.5 Å². The number of hydrogen-bond acceptors (Lipinski definition) is 5. The highest BCUT2D eigenvalue weighted by Gasteiger charge is 2.37. The van der Waals surface area contributed by atoms with Gasteiger partial charge in [0.05, 0.1) is 28.0 Å². The Kier molecular flexibility index (Phi) is 5.88. The number of nitrogens with one attached hydrogen (secondary N) is 1. The molecule has 2 heterocycles. The van der Waals surface area contributed by atoms with Gasteiger partial charge >= 0.3 is 0 Å². The molecule has 4 aromatic rings. The molecule has 0 spiro atoms. The molecule has 0 atom stereocenters. The van der Waals surface area contributed by atoms with E-state index in [2.05, 4.69) is 10.3 Å². The van der Waals surface area contributed by atoms with Crippen molar-refractivity contribution in [3.05, 3.63) is 101 Å². The Morgan fingerprint density at radius 3 is 2.34 bits per heavy atom. The Balaban J connectivity index is 1.22. The highest BCUT2D eigenvalue weighted by Crippen LogP contribution is 2.35. The molecule has 5 rings (SSSR count). The van der Waals surface area contributed by atoms with Gasteiger partial charge in [-0.05, 0) is 54.6 Å². The quantitative estimate of drug-likeness (QED) is 0.361. The first-order chi connectivity index (χ1) is 16.9. The summed E-state index contributed by atoms with van der Waals surface area (Å²) in [6.45, 7) is 0. The van der Waals surface area contributed by atoms with Crippen LogP contribution in [0.15, 0.2) is 77.3 Å². The van der Waals surface area contributed by atoms with Gasteiger partial charge in [0.25, 0.3) is 11.8 Å². The molecular weight excluding hydrogens is 473 g/mol. The van der Waals surface area contributed by atoms with Crippen molar-refractivity contribution in [3.8, 4) is 11.3 Å². The van der Waals surface area contributed by atoms with Gasteiger partial charge in [-0.25, -0.2) is 14.3 Å². The Hall–Kier alpha value is -4.30. The van der Waals surface area contributed by atoms with Crippen LogP contribution in [0.4, 0.5) is 15.8 Å². The summed E-state index contributed by atoms with van der Waals surface area (Å²) in [6.07, 6.45) is 1.88. The minimum atomic E-state index is -0.449. The van der Waals surface area contributed by atoms with Crippen molar-refractivity contribution in [2.75, 3.05) is 10.2 Å². The second kappa shape index (κ2) is 9.15. The van der Waals surface area contributed by atoms with E-state index in [1.807, 2.05) is 0 Å². The molecule has 1 aliphatic heterocycles. The van der Waals surface area contributed by atoms with E-state index in [1.54, 1.807) is 42.5 Å². The molecular formula is C26H17ClFN3O4. The number of nitrogens with zero attached hydrogens (tertiary/aromatic N) is 2. The van der Waals surface area contributed by atoms with E-state index < -0.39 is 11.8 Å². The monoisotopic (exact) mass is 489 g/mol.